The van der Waals surface area contributed by atoms with Crippen LogP contribution in [0.5, 0.6) is 11.5 Å². The van der Waals surface area contributed by atoms with Crippen molar-refractivity contribution in [2.75, 3.05) is 7.05 Å². The quantitative estimate of drug-likeness (QED) is 0.743. The van der Waals surface area contributed by atoms with Gasteiger partial charge < -0.3 is 15.1 Å². The zero-order valence-corrected chi connectivity index (χ0v) is 14.6. The van der Waals surface area contributed by atoms with Gasteiger partial charge in [-0.25, -0.2) is 4.98 Å². The van der Waals surface area contributed by atoms with Crippen LogP contribution in [0.4, 0.5) is 0 Å². The summed E-state index contributed by atoms with van der Waals surface area (Å²) in [6.45, 7) is 0.962. The molecular formula is C16H14Cl2N2O2S. The SMILES string of the molecule is C[NH+](Cc1nc2ccccc2s1)Cc1c([O-])c(Cl)cc(Cl)c1O. The van der Waals surface area contributed by atoms with Crippen molar-refractivity contribution in [1.29, 1.82) is 0 Å². The van der Waals surface area contributed by atoms with Gasteiger partial charge in [0.25, 0.3) is 0 Å². The second-order valence-electron chi connectivity index (χ2n) is 5.38. The lowest BCUT2D eigenvalue weighted by molar-refractivity contribution is -0.907. The van der Waals surface area contributed by atoms with Crippen LogP contribution in [-0.2, 0) is 13.1 Å². The zero-order chi connectivity index (χ0) is 16.6. The van der Waals surface area contributed by atoms with Crippen LogP contribution >= 0.6 is 34.5 Å². The van der Waals surface area contributed by atoms with E-state index in [-0.39, 0.29) is 27.1 Å². The number of quaternary nitrogens is 1. The molecule has 23 heavy (non-hydrogen) atoms. The number of aromatic nitrogens is 1. The van der Waals surface area contributed by atoms with Crippen molar-refractivity contribution in [2.45, 2.75) is 13.1 Å². The highest BCUT2D eigenvalue weighted by atomic mass is 35.5. The van der Waals surface area contributed by atoms with Gasteiger partial charge in [0.05, 0.1) is 22.3 Å². The largest absolute Gasteiger partial charge is 0.871 e. The van der Waals surface area contributed by atoms with Gasteiger partial charge in [-0.1, -0.05) is 41.1 Å². The number of benzene rings is 2. The van der Waals surface area contributed by atoms with Crippen LogP contribution in [0.25, 0.3) is 10.2 Å². The molecule has 1 heterocycles. The van der Waals surface area contributed by atoms with Gasteiger partial charge >= 0.3 is 0 Å². The van der Waals surface area contributed by atoms with E-state index in [2.05, 4.69) is 4.98 Å². The Morgan fingerprint density at radius 2 is 1.96 bits per heavy atom. The third-order valence-electron chi connectivity index (χ3n) is 3.53. The summed E-state index contributed by atoms with van der Waals surface area (Å²) in [5.41, 5.74) is 1.21. The van der Waals surface area contributed by atoms with Crippen molar-refractivity contribution >= 4 is 44.8 Å². The van der Waals surface area contributed by atoms with E-state index in [1.165, 1.54) is 6.07 Å². The summed E-state index contributed by atoms with van der Waals surface area (Å²) in [7, 11) is 1.93. The smallest absolute Gasteiger partial charge is 0.148 e. The molecule has 3 aromatic rings. The molecular weight excluding hydrogens is 355 g/mol. The number of phenols is 1. The van der Waals surface area contributed by atoms with Gasteiger partial charge in [0.15, 0.2) is 0 Å². The van der Waals surface area contributed by atoms with Gasteiger partial charge in [-0.05, 0) is 18.2 Å². The Morgan fingerprint density at radius 1 is 1.22 bits per heavy atom. The summed E-state index contributed by atoms with van der Waals surface area (Å²) in [5, 5.41) is 23.2. The first kappa shape index (κ1) is 16.3. The number of nitrogens with one attached hydrogen (secondary N) is 1. The molecule has 0 radical (unpaired) electrons. The number of aromatic hydroxyl groups is 1. The summed E-state index contributed by atoms with van der Waals surface area (Å²) in [4.78, 5) is 5.59. The molecule has 0 saturated heterocycles. The number of hydrogen-bond donors (Lipinski definition) is 2. The normalized spacial score (nSPS) is 12.7. The molecule has 7 heteroatoms. The Hall–Kier alpha value is -1.53. The molecule has 0 amide bonds. The van der Waals surface area contributed by atoms with Gasteiger partial charge in [-0.15, -0.1) is 11.3 Å². The zero-order valence-electron chi connectivity index (χ0n) is 12.3. The van der Waals surface area contributed by atoms with Crippen LogP contribution in [0.1, 0.15) is 10.6 Å². The van der Waals surface area contributed by atoms with E-state index in [1.54, 1.807) is 11.3 Å². The van der Waals surface area contributed by atoms with Crippen molar-refractivity contribution in [3.05, 3.63) is 50.9 Å². The Kier molecular flexibility index (Phi) is 4.64. The molecule has 0 fully saturated rings. The average Bonchev–Trinajstić information content (AvgIpc) is 2.91. The Bertz CT molecular complexity index is 807. The minimum absolute atomic E-state index is 0.0237. The minimum Gasteiger partial charge on any atom is -0.871 e. The lowest BCUT2D eigenvalue weighted by atomic mass is 10.1. The summed E-state index contributed by atoms with van der Waals surface area (Å²) in [5.74, 6) is -0.568. The molecule has 2 N–H and O–H groups in total. The number of thiazole rings is 1. The van der Waals surface area contributed by atoms with Crippen molar-refractivity contribution in [3.8, 4) is 11.5 Å². The van der Waals surface area contributed by atoms with E-state index >= 15 is 0 Å². The minimum atomic E-state index is -0.378. The molecule has 0 aliphatic rings. The monoisotopic (exact) mass is 368 g/mol. The van der Waals surface area contributed by atoms with E-state index < -0.39 is 0 Å². The van der Waals surface area contributed by atoms with Crippen LogP contribution in [0.15, 0.2) is 30.3 Å². The van der Waals surface area contributed by atoms with Crippen molar-refractivity contribution in [2.24, 2.45) is 0 Å². The van der Waals surface area contributed by atoms with E-state index in [9.17, 15) is 10.2 Å². The van der Waals surface area contributed by atoms with E-state index in [4.69, 9.17) is 23.2 Å². The maximum atomic E-state index is 12.1. The molecule has 0 aliphatic heterocycles. The molecule has 4 nitrogen and oxygen atoms in total. The van der Waals surface area contributed by atoms with Crippen LogP contribution < -0.4 is 10.0 Å². The van der Waals surface area contributed by atoms with Crippen molar-refractivity contribution < 1.29 is 15.1 Å². The Balaban J connectivity index is 1.81. The van der Waals surface area contributed by atoms with Crippen LogP contribution in [0.3, 0.4) is 0 Å². The molecule has 1 unspecified atom stereocenters. The molecule has 0 bridgehead atoms. The predicted molar refractivity (Wildman–Crippen MR) is 91.5 cm³/mol. The first-order chi connectivity index (χ1) is 11.0. The first-order valence-corrected chi connectivity index (χ1v) is 8.55. The second kappa shape index (κ2) is 6.53. The molecule has 2 aromatic carbocycles. The van der Waals surface area contributed by atoms with Crippen molar-refractivity contribution in [1.82, 2.24) is 4.98 Å². The highest BCUT2D eigenvalue weighted by Gasteiger charge is 2.16. The molecule has 0 aliphatic carbocycles. The Labute approximate surface area is 147 Å². The van der Waals surface area contributed by atoms with Crippen molar-refractivity contribution in [3.63, 3.8) is 0 Å². The summed E-state index contributed by atoms with van der Waals surface area (Å²) >= 11 is 13.4. The number of halogens is 2. The van der Waals surface area contributed by atoms with Gasteiger partial charge in [0, 0.05) is 10.6 Å². The molecule has 1 atom stereocenters. The summed E-state index contributed by atoms with van der Waals surface area (Å²) in [6, 6.07) is 9.22. The van der Waals surface area contributed by atoms with E-state index in [0.717, 1.165) is 20.1 Å². The lowest BCUT2D eigenvalue weighted by Crippen LogP contribution is -3.06. The number of fused-ring (bicyclic) bond motifs is 1. The van der Waals surface area contributed by atoms with Crippen LogP contribution in [0.2, 0.25) is 10.0 Å². The Morgan fingerprint density at radius 3 is 2.70 bits per heavy atom. The van der Waals surface area contributed by atoms with Gasteiger partial charge in [0.1, 0.15) is 23.8 Å². The number of nitrogens with zero attached hydrogens (tertiary/aromatic N) is 1. The van der Waals surface area contributed by atoms with E-state index in [0.29, 0.717) is 13.1 Å². The third-order valence-corrected chi connectivity index (χ3v) is 5.13. The highest BCUT2D eigenvalue weighted by Crippen LogP contribution is 2.37. The van der Waals surface area contributed by atoms with Crippen LogP contribution in [-0.4, -0.2) is 17.1 Å². The highest BCUT2D eigenvalue weighted by molar-refractivity contribution is 7.18. The first-order valence-electron chi connectivity index (χ1n) is 6.98. The molecule has 3 rings (SSSR count). The lowest BCUT2D eigenvalue weighted by Gasteiger charge is -2.20. The molecule has 0 saturated carbocycles. The van der Waals surface area contributed by atoms with Crippen LogP contribution in [0, 0.1) is 0 Å². The summed E-state index contributed by atoms with van der Waals surface area (Å²) in [6.07, 6.45) is 0. The fraction of sp³-hybridized carbons (Fsp3) is 0.188. The predicted octanol–water partition coefficient (Wildman–Crippen LogP) is 2.60. The van der Waals surface area contributed by atoms with Gasteiger partial charge in [0.2, 0.25) is 0 Å². The second-order valence-corrected chi connectivity index (χ2v) is 7.31. The third kappa shape index (κ3) is 3.38. The molecule has 120 valence electrons. The summed E-state index contributed by atoms with van der Waals surface area (Å²) < 4.78 is 1.13. The topological polar surface area (TPSA) is 60.6 Å². The fourth-order valence-corrected chi connectivity index (χ4v) is 4.01. The number of hydrogen-bond acceptors (Lipinski definition) is 4. The maximum absolute atomic E-state index is 12.1. The van der Waals surface area contributed by atoms with Gasteiger partial charge in [-0.2, -0.15) is 0 Å². The fourth-order valence-electron chi connectivity index (χ4n) is 2.42. The number of para-hydroxylation sites is 1. The van der Waals surface area contributed by atoms with Gasteiger partial charge in [-0.3, -0.25) is 0 Å². The van der Waals surface area contributed by atoms with E-state index in [1.807, 2.05) is 31.3 Å². The average molecular weight is 369 g/mol. The number of rotatable bonds is 4. The molecule has 1 aromatic heterocycles. The number of phenolic OH excluding ortho intramolecular Hbond substituents is 1. The molecule has 0 spiro atoms. The maximum Gasteiger partial charge on any atom is 0.148 e. The standard InChI is InChI=1S/C16H14Cl2N2O2S/c1-20(7-9-15(21)10(17)6-11(18)16(9)22)8-14-19-12-4-2-3-5-13(12)23-14/h2-6,21-22H,7-8H2,1H3.